The summed E-state index contributed by atoms with van der Waals surface area (Å²) in [5.74, 6) is 2.33. The van der Waals surface area contributed by atoms with Crippen molar-refractivity contribution in [3.05, 3.63) is 6.07 Å². The first-order valence-electron chi connectivity index (χ1n) is 8.85. The maximum absolute atomic E-state index is 5.45. The molecule has 3 heterocycles. The van der Waals surface area contributed by atoms with Crippen molar-refractivity contribution in [1.82, 2.24) is 15.3 Å². The number of nitrogens with zero attached hydrogens (tertiary/aromatic N) is 4. The number of ether oxygens (including phenoxy) is 2. The van der Waals surface area contributed by atoms with Crippen LogP contribution in [0.1, 0.15) is 13.3 Å². The molecule has 1 aromatic heterocycles. The molecule has 138 valence electrons. The molecule has 2 fully saturated rings. The number of morpholine rings is 2. The Labute approximate surface area is 153 Å². The lowest BCUT2D eigenvalue weighted by Crippen LogP contribution is -2.39. The van der Waals surface area contributed by atoms with Crippen LogP contribution in [0.15, 0.2) is 6.07 Å². The second-order valence-corrected chi connectivity index (χ2v) is 6.40. The van der Waals surface area contributed by atoms with Crippen molar-refractivity contribution < 1.29 is 9.47 Å². The van der Waals surface area contributed by atoms with Crippen LogP contribution in [0.2, 0.25) is 0 Å². The average molecular weight is 366 g/mol. The molecule has 1 aromatic rings. The summed E-state index contributed by atoms with van der Waals surface area (Å²) in [6.07, 6.45) is 1.01. The molecule has 2 aliphatic heterocycles. The van der Waals surface area contributed by atoms with Crippen LogP contribution >= 0.6 is 12.2 Å². The summed E-state index contributed by atoms with van der Waals surface area (Å²) in [6, 6.07) is 2.05. The fourth-order valence-electron chi connectivity index (χ4n) is 2.77. The van der Waals surface area contributed by atoms with Crippen LogP contribution in [-0.2, 0) is 9.47 Å². The minimum Gasteiger partial charge on any atom is -0.378 e. The molecular formula is C16H26N6O2S. The van der Waals surface area contributed by atoms with Crippen molar-refractivity contribution >= 4 is 34.9 Å². The Morgan fingerprint density at radius 2 is 1.56 bits per heavy atom. The summed E-state index contributed by atoms with van der Waals surface area (Å²) in [5, 5.41) is 6.82. The molecule has 0 saturated carbocycles. The van der Waals surface area contributed by atoms with E-state index < -0.39 is 0 Å². The van der Waals surface area contributed by atoms with Gasteiger partial charge in [0.25, 0.3) is 0 Å². The fraction of sp³-hybridized carbons (Fsp3) is 0.688. The van der Waals surface area contributed by atoms with Gasteiger partial charge in [0.2, 0.25) is 5.95 Å². The average Bonchev–Trinajstić information content (AvgIpc) is 2.67. The summed E-state index contributed by atoms with van der Waals surface area (Å²) < 4.78 is 10.9. The van der Waals surface area contributed by atoms with Gasteiger partial charge < -0.3 is 29.9 Å². The van der Waals surface area contributed by atoms with Gasteiger partial charge in [0.05, 0.1) is 26.4 Å². The standard InChI is InChI=1S/C16H26N6O2S/c1-2-3-17-16(25)20-15-18-13(21-4-8-23-9-5-21)12-14(19-15)22-6-10-24-11-7-22/h12H,2-11H2,1H3,(H2,17,18,19,20,25). The number of nitrogens with one attached hydrogen (secondary N) is 2. The van der Waals surface area contributed by atoms with Crippen molar-refractivity contribution in [3.8, 4) is 0 Å². The Balaban J connectivity index is 1.80. The van der Waals surface area contributed by atoms with E-state index >= 15 is 0 Å². The highest BCUT2D eigenvalue weighted by Gasteiger charge is 2.19. The fourth-order valence-corrected chi connectivity index (χ4v) is 2.96. The van der Waals surface area contributed by atoms with E-state index in [0.29, 0.717) is 11.1 Å². The van der Waals surface area contributed by atoms with E-state index in [1.165, 1.54) is 0 Å². The van der Waals surface area contributed by atoms with Gasteiger partial charge in [-0.2, -0.15) is 9.97 Å². The van der Waals surface area contributed by atoms with Gasteiger partial charge >= 0.3 is 0 Å². The highest BCUT2D eigenvalue weighted by atomic mass is 32.1. The zero-order valence-corrected chi connectivity index (χ0v) is 15.5. The topological polar surface area (TPSA) is 74.8 Å². The number of thiocarbonyl (C=S) groups is 1. The highest BCUT2D eigenvalue weighted by molar-refractivity contribution is 7.80. The molecule has 25 heavy (non-hydrogen) atoms. The number of rotatable bonds is 5. The molecule has 0 atom stereocenters. The summed E-state index contributed by atoms with van der Waals surface area (Å²) in [7, 11) is 0. The normalized spacial score (nSPS) is 18.1. The lowest BCUT2D eigenvalue weighted by molar-refractivity contribution is 0.122. The third-order valence-electron chi connectivity index (χ3n) is 4.13. The van der Waals surface area contributed by atoms with Crippen molar-refractivity contribution in [2.24, 2.45) is 0 Å². The Kier molecular flexibility index (Phi) is 6.60. The lowest BCUT2D eigenvalue weighted by Gasteiger charge is -2.31. The van der Waals surface area contributed by atoms with Gasteiger partial charge in [0.15, 0.2) is 5.11 Å². The van der Waals surface area contributed by atoms with E-state index in [0.717, 1.165) is 77.2 Å². The minimum atomic E-state index is 0.527. The van der Waals surface area contributed by atoms with Gasteiger partial charge in [-0.15, -0.1) is 0 Å². The Morgan fingerprint density at radius 1 is 1.04 bits per heavy atom. The summed E-state index contributed by atoms with van der Waals surface area (Å²) in [4.78, 5) is 13.8. The quantitative estimate of drug-likeness (QED) is 0.738. The Hall–Kier alpha value is -1.71. The number of hydrogen-bond donors (Lipinski definition) is 2. The second kappa shape index (κ2) is 9.12. The largest absolute Gasteiger partial charge is 0.378 e. The molecule has 9 heteroatoms. The molecule has 8 nitrogen and oxygen atoms in total. The second-order valence-electron chi connectivity index (χ2n) is 5.99. The molecule has 2 saturated heterocycles. The predicted molar refractivity (Wildman–Crippen MR) is 103 cm³/mol. The van der Waals surface area contributed by atoms with Crippen LogP contribution < -0.4 is 20.4 Å². The lowest BCUT2D eigenvalue weighted by atomic mass is 10.3. The number of aromatic nitrogens is 2. The van der Waals surface area contributed by atoms with E-state index in [9.17, 15) is 0 Å². The Morgan fingerprint density at radius 3 is 2.04 bits per heavy atom. The van der Waals surface area contributed by atoms with Gasteiger partial charge in [-0.1, -0.05) is 6.92 Å². The van der Waals surface area contributed by atoms with Gasteiger partial charge in [-0.05, 0) is 18.6 Å². The van der Waals surface area contributed by atoms with Crippen LogP contribution in [0.25, 0.3) is 0 Å². The summed E-state index contributed by atoms with van der Waals surface area (Å²) >= 11 is 5.33. The summed E-state index contributed by atoms with van der Waals surface area (Å²) in [5.41, 5.74) is 0. The molecule has 0 spiro atoms. The van der Waals surface area contributed by atoms with Crippen molar-refractivity contribution in [3.63, 3.8) is 0 Å². The van der Waals surface area contributed by atoms with Crippen LogP contribution in [0.4, 0.5) is 17.6 Å². The van der Waals surface area contributed by atoms with Crippen LogP contribution in [-0.4, -0.2) is 74.2 Å². The van der Waals surface area contributed by atoms with Crippen LogP contribution in [0.5, 0.6) is 0 Å². The third-order valence-corrected chi connectivity index (χ3v) is 4.38. The third kappa shape index (κ3) is 5.13. The monoisotopic (exact) mass is 366 g/mol. The first-order chi connectivity index (χ1) is 12.3. The molecule has 0 aromatic carbocycles. The number of anilines is 3. The van der Waals surface area contributed by atoms with Crippen LogP contribution in [0.3, 0.4) is 0 Å². The van der Waals surface area contributed by atoms with Gasteiger partial charge in [-0.25, -0.2) is 0 Å². The van der Waals surface area contributed by atoms with E-state index in [4.69, 9.17) is 21.7 Å². The van der Waals surface area contributed by atoms with E-state index in [1.54, 1.807) is 0 Å². The Bertz CT molecular complexity index is 539. The van der Waals surface area contributed by atoms with E-state index in [1.807, 2.05) is 6.07 Å². The molecule has 0 radical (unpaired) electrons. The molecule has 0 aliphatic carbocycles. The predicted octanol–water partition coefficient (Wildman–Crippen LogP) is 0.846. The zero-order chi connectivity index (χ0) is 17.5. The van der Waals surface area contributed by atoms with Crippen LogP contribution in [0, 0.1) is 0 Å². The molecule has 0 amide bonds. The smallest absolute Gasteiger partial charge is 0.232 e. The van der Waals surface area contributed by atoms with E-state index in [2.05, 4.69) is 37.3 Å². The molecule has 0 bridgehead atoms. The van der Waals surface area contributed by atoms with Crippen molar-refractivity contribution in [2.45, 2.75) is 13.3 Å². The molecule has 2 N–H and O–H groups in total. The molecular weight excluding hydrogens is 340 g/mol. The van der Waals surface area contributed by atoms with Gasteiger partial charge in [0.1, 0.15) is 11.6 Å². The maximum Gasteiger partial charge on any atom is 0.232 e. The summed E-state index contributed by atoms with van der Waals surface area (Å²) in [6.45, 7) is 9.12. The molecule has 2 aliphatic rings. The highest BCUT2D eigenvalue weighted by Crippen LogP contribution is 2.22. The van der Waals surface area contributed by atoms with Gasteiger partial charge in [0, 0.05) is 38.8 Å². The van der Waals surface area contributed by atoms with Crippen molar-refractivity contribution in [1.29, 1.82) is 0 Å². The maximum atomic E-state index is 5.45. The van der Waals surface area contributed by atoms with E-state index in [-0.39, 0.29) is 0 Å². The minimum absolute atomic E-state index is 0.527. The molecule has 0 unspecified atom stereocenters. The first kappa shape index (κ1) is 18.1. The first-order valence-corrected chi connectivity index (χ1v) is 9.26. The van der Waals surface area contributed by atoms with Crippen molar-refractivity contribution in [2.75, 3.05) is 74.3 Å². The molecule has 3 rings (SSSR count). The SMILES string of the molecule is CCCNC(=S)Nc1nc(N2CCOCC2)cc(N2CCOCC2)n1. The number of hydrogen-bond acceptors (Lipinski definition) is 7. The van der Waals surface area contributed by atoms with Gasteiger partial charge in [-0.3, -0.25) is 0 Å². The zero-order valence-electron chi connectivity index (χ0n) is 14.7.